The van der Waals surface area contributed by atoms with Gasteiger partial charge in [0, 0.05) is 52.2 Å². The minimum absolute atomic E-state index is 0.0665. The van der Waals surface area contributed by atoms with Crippen LogP contribution in [-0.2, 0) is 0 Å². The van der Waals surface area contributed by atoms with Crippen LogP contribution in [0.5, 0.6) is 0 Å². The smallest absolute Gasteiger partial charge is 0.263 e. The van der Waals surface area contributed by atoms with Crippen molar-refractivity contribution in [3.8, 4) is 11.1 Å². The van der Waals surface area contributed by atoms with Crippen LogP contribution in [0.2, 0.25) is 0 Å². The second-order valence-corrected chi connectivity index (χ2v) is 9.15. The van der Waals surface area contributed by atoms with E-state index in [1.54, 1.807) is 28.2 Å². The molecular weight excluding hydrogens is 400 g/mol. The number of thiophene rings is 1. The molecule has 0 saturated heterocycles. The number of carbonyl (C=O) groups excluding carboxylic acids is 2. The first-order chi connectivity index (χ1) is 14.3. The van der Waals surface area contributed by atoms with Crippen LogP contribution in [0.1, 0.15) is 51.8 Å². The lowest BCUT2D eigenvalue weighted by Gasteiger charge is -2.17. The van der Waals surface area contributed by atoms with Gasteiger partial charge in [0.15, 0.2) is 0 Å². The van der Waals surface area contributed by atoms with Gasteiger partial charge in [0.1, 0.15) is 0 Å². The van der Waals surface area contributed by atoms with Crippen molar-refractivity contribution in [2.45, 2.75) is 31.7 Å². The largest absolute Gasteiger partial charge is 0.345 e. The standard InChI is InChI=1S/C22H26N4O3S/c1-24(2)21(28)15-10-23-20(27)18-16(11-26(19(15)18)14-7-5-6-8-14)13-9-17(30-12-13)22(29)25(3)4/h9-12,14H,5-8H2,1-4H3,(H,23,27). The molecule has 1 N–H and O–H groups in total. The van der Waals surface area contributed by atoms with Crippen LogP contribution in [-0.4, -0.2) is 59.4 Å². The summed E-state index contributed by atoms with van der Waals surface area (Å²) in [7, 11) is 6.86. The summed E-state index contributed by atoms with van der Waals surface area (Å²) in [4.78, 5) is 44.6. The van der Waals surface area contributed by atoms with E-state index >= 15 is 0 Å². The summed E-state index contributed by atoms with van der Waals surface area (Å²) in [5.74, 6) is -0.211. The highest BCUT2D eigenvalue weighted by Crippen LogP contribution is 2.39. The van der Waals surface area contributed by atoms with Crippen molar-refractivity contribution < 1.29 is 9.59 Å². The molecule has 0 unspecified atom stereocenters. The molecule has 8 heteroatoms. The molecule has 1 aliphatic carbocycles. The fraction of sp³-hybridized carbons (Fsp3) is 0.409. The Bertz CT molecular complexity index is 1180. The van der Waals surface area contributed by atoms with Crippen molar-refractivity contribution in [1.82, 2.24) is 19.4 Å². The Kier molecular flexibility index (Phi) is 5.27. The molecule has 7 nitrogen and oxygen atoms in total. The number of nitrogens with zero attached hydrogens (tertiary/aromatic N) is 3. The molecule has 2 amide bonds. The summed E-state index contributed by atoms with van der Waals surface area (Å²) in [5.41, 5.74) is 2.55. The number of rotatable bonds is 4. The molecule has 3 heterocycles. The van der Waals surface area contributed by atoms with Gasteiger partial charge in [0.05, 0.1) is 21.3 Å². The summed E-state index contributed by atoms with van der Waals surface area (Å²) in [5, 5.41) is 2.42. The second-order valence-electron chi connectivity index (χ2n) is 8.24. The van der Waals surface area contributed by atoms with E-state index < -0.39 is 0 Å². The van der Waals surface area contributed by atoms with Crippen molar-refractivity contribution in [3.05, 3.63) is 44.6 Å². The number of pyridine rings is 1. The highest BCUT2D eigenvalue weighted by molar-refractivity contribution is 7.12. The molecule has 1 saturated carbocycles. The molecule has 0 atom stereocenters. The van der Waals surface area contributed by atoms with E-state index in [1.165, 1.54) is 27.3 Å². The first-order valence-electron chi connectivity index (χ1n) is 10.1. The third-order valence-corrected chi connectivity index (χ3v) is 6.66. The molecular formula is C22H26N4O3S. The van der Waals surface area contributed by atoms with Gasteiger partial charge in [0.25, 0.3) is 17.4 Å². The zero-order valence-electron chi connectivity index (χ0n) is 17.7. The Morgan fingerprint density at radius 1 is 1.10 bits per heavy atom. The lowest BCUT2D eigenvalue weighted by molar-refractivity contribution is 0.0823. The fourth-order valence-electron chi connectivity index (χ4n) is 4.21. The fourth-order valence-corrected chi connectivity index (χ4v) is 5.14. The maximum Gasteiger partial charge on any atom is 0.263 e. The van der Waals surface area contributed by atoms with E-state index in [0.717, 1.165) is 36.8 Å². The van der Waals surface area contributed by atoms with Crippen LogP contribution < -0.4 is 5.56 Å². The quantitative estimate of drug-likeness (QED) is 0.693. The van der Waals surface area contributed by atoms with Gasteiger partial charge in [0.2, 0.25) is 0 Å². The number of nitrogens with one attached hydrogen (secondary N) is 1. The van der Waals surface area contributed by atoms with Crippen molar-refractivity contribution in [3.63, 3.8) is 0 Å². The Balaban J connectivity index is 1.97. The van der Waals surface area contributed by atoms with Crippen LogP contribution in [0, 0.1) is 0 Å². The van der Waals surface area contributed by atoms with Crippen molar-refractivity contribution in [1.29, 1.82) is 0 Å². The van der Waals surface area contributed by atoms with Crippen LogP contribution in [0.25, 0.3) is 22.0 Å². The lowest BCUT2D eigenvalue weighted by atomic mass is 10.1. The molecule has 1 aliphatic rings. The van der Waals surface area contributed by atoms with E-state index in [0.29, 0.717) is 21.3 Å². The van der Waals surface area contributed by atoms with Gasteiger partial charge < -0.3 is 19.4 Å². The normalized spacial score (nSPS) is 14.4. The third-order valence-electron chi connectivity index (χ3n) is 5.74. The van der Waals surface area contributed by atoms with E-state index in [2.05, 4.69) is 9.55 Å². The predicted molar refractivity (Wildman–Crippen MR) is 119 cm³/mol. The average Bonchev–Trinajstić information content (AvgIpc) is 3.45. The Labute approximate surface area is 178 Å². The number of carbonyl (C=O) groups is 2. The molecule has 3 aromatic rings. The number of H-pyrrole nitrogens is 1. The maximum atomic E-state index is 12.9. The highest BCUT2D eigenvalue weighted by atomic mass is 32.1. The number of aromatic nitrogens is 2. The Morgan fingerprint density at radius 2 is 1.77 bits per heavy atom. The lowest BCUT2D eigenvalue weighted by Crippen LogP contribution is -2.24. The minimum Gasteiger partial charge on any atom is -0.345 e. The van der Waals surface area contributed by atoms with Gasteiger partial charge in [-0.25, -0.2) is 0 Å². The summed E-state index contributed by atoms with van der Waals surface area (Å²) < 4.78 is 2.12. The number of amides is 2. The zero-order chi connectivity index (χ0) is 21.6. The van der Waals surface area contributed by atoms with Crippen molar-refractivity contribution in [2.75, 3.05) is 28.2 Å². The SMILES string of the molecule is CN(C)C(=O)c1cc(-c2cn(C3CCCC3)c3c(C(=O)N(C)C)c[nH]c(=O)c23)cs1. The molecule has 0 spiro atoms. The summed E-state index contributed by atoms with van der Waals surface area (Å²) in [6.45, 7) is 0. The molecule has 0 bridgehead atoms. The second kappa shape index (κ2) is 7.75. The number of hydrogen-bond acceptors (Lipinski definition) is 4. The van der Waals surface area contributed by atoms with Gasteiger partial charge in [-0.15, -0.1) is 11.3 Å². The van der Waals surface area contributed by atoms with E-state index in [9.17, 15) is 14.4 Å². The van der Waals surface area contributed by atoms with E-state index in [4.69, 9.17) is 0 Å². The first-order valence-corrected chi connectivity index (χ1v) is 11.0. The maximum absolute atomic E-state index is 12.9. The highest BCUT2D eigenvalue weighted by Gasteiger charge is 2.27. The predicted octanol–water partition coefficient (Wildman–Crippen LogP) is 3.58. The summed E-state index contributed by atoms with van der Waals surface area (Å²) in [6.07, 6.45) is 7.85. The van der Waals surface area contributed by atoms with Crippen LogP contribution in [0.4, 0.5) is 0 Å². The third kappa shape index (κ3) is 3.35. The summed E-state index contributed by atoms with van der Waals surface area (Å²) >= 11 is 1.36. The molecule has 0 aromatic carbocycles. The number of hydrogen-bond donors (Lipinski definition) is 1. The van der Waals surface area contributed by atoms with Crippen molar-refractivity contribution >= 4 is 34.1 Å². The Hall–Kier alpha value is -2.87. The van der Waals surface area contributed by atoms with Gasteiger partial charge in [-0.3, -0.25) is 14.4 Å². The number of aromatic amines is 1. The van der Waals surface area contributed by atoms with Gasteiger partial charge in [-0.1, -0.05) is 12.8 Å². The molecule has 3 aromatic heterocycles. The molecule has 0 radical (unpaired) electrons. The van der Waals surface area contributed by atoms with Crippen LogP contribution >= 0.6 is 11.3 Å². The molecule has 1 fully saturated rings. The molecule has 4 rings (SSSR count). The first kappa shape index (κ1) is 20.4. The Morgan fingerprint density at radius 3 is 2.40 bits per heavy atom. The monoisotopic (exact) mass is 426 g/mol. The molecule has 30 heavy (non-hydrogen) atoms. The van der Waals surface area contributed by atoms with Gasteiger partial charge in [-0.2, -0.15) is 0 Å². The van der Waals surface area contributed by atoms with Gasteiger partial charge >= 0.3 is 0 Å². The average molecular weight is 427 g/mol. The zero-order valence-corrected chi connectivity index (χ0v) is 18.5. The number of fused-ring (bicyclic) bond motifs is 1. The summed E-state index contributed by atoms with van der Waals surface area (Å²) in [6, 6.07) is 2.10. The van der Waals surface area contributed by atoms with E-state index in [-0.39, 0.29) is 23.4 Å². The molecule has 0 aliphatic heterocycles. The minimum atomic E-state index is -0.223. The van der Waals surface area contributed by atoms with Crippen LogP contribution in [0.3, 0.4) is 0 Å². The van der Waals surface area contributed by atoms with E-state index in [1.807, 2.05) is 17.6 Å². The van der Waals surface area contributed by atoms with Crippen molar-refractivity contribution in [2.24, 2.45) is 0 Å². The topological polar surface area (TPSA) is 78.4 Å². The van der Waals surface area contributed by atoms with Gasteiger partial charge in [-0.05, 0) is 29.9 Å². The molecule has 158 valence electrons. The van der Waals surface area contributed by atoms with Crippen LogP contribution in [0.15, 0.2) is 28.6 Å².